The zero-order chi connectivity index (χ0) is 9.40. The van der Waals surface area contributed by atoms with Crippen LogP contribution in [0.1, 0.15) is 46.8 Å². The van der Waals surface area contributed by atoms with E-state index in [1.165, 1.54) is 18.9 Å². The van der Waals surface area contributed by atoms with Crippen LogP contribution in [0.2, 0.25) is 0 Å². The van der Waals surface area contributed by atoms with Crippen molar-refractivity contribution in [3.05, 3.63) is 12.7 Å². The second kappa shape index (κ2) is 7.80. The molecule has 0 rings (SSSR count). The molecule has 0 saturated heterocycles. The van der Waals surface area contributed by atoms with Crippen LogP contribution in [0.3, 0.4) is 0 Å². The zero-order valence-corrected chi connectivity index (χ0v) is 7.42. The lowest BCUT2D eigenvalue weighted by Gasteiger charge is -2.06. The van der Waals surface area contributed by atoms with Gasteiger partial charge in [0, 0.05) is 1.37 Å². The summed E-state index contributed by atoms with van der Waals surface area (Å²) < 4.78 is 7.34. The van der Waals surface area contributed by atoms with E-state index in [9.17, 15) is 5.11 Å². The molecule has 2 atom stereocenters. The van der Waals surface area contributed by atoms with Gasteiger partial charge in [-0.05, 0) is 12.8 Å². The summed E-state index contributed by atoms with van der Waals surface area (Å²) >= 11 is 0. The average molecular weight is 157 g/mol. The maximum Gasteiger partial charge on any atom is 0.0574 e. The molecule has 1 heteroatoms. The third kappa shape index (κ3) is 7.60. The van der Waals surface area contributed by atoms with E-state index in [0.29, 0.717) is 0 Å². The number of hydrogen-bond acceptors (Lipinski definition) is 1. The van der Waals surface area contributed by atoms with Gasteiger partial charge in [-0.1, -0.05) is 38.7 Å². The summed E-state index contributed by atoms with van der Waals surface area (Å²) in [5.74, 6) is 0. The number of rotatable bonds is 7. The molecule has 0 aromatic heterocycles. The van der Waals surface area contributed by atoms with Crippen LogP contribution < -0.4 is 0 Å². The molecule has 0 saturated carbocycles. The molecule has 1 N–H and O–H groups in total. The van der Waals surface area contributed by atoms with Gasteiger partial charge in [0.2, 0.25) is 0 Å². The summed E-state index contributed by atoms with van der Waals surface area (Å²) in [5, 5.41) is 9.36. The van der Waals surface area contributed by atoms with Crippen LogP contribution in [0.5, 0.6) is 0 Å². The predicted octanol–water partition coefficient (Wildman–Crippen LogP) is 2.89. The van der Waals surface area contributed by atoms with Crippen LogP contribution >= 0.6 is 0 Å². The van der Waals surface area contributed by atoms with Crippen molar-refractivity contribution in [2.24, 2.45) is 0 Å². The molecule has 1 nitrogen and oxygen atoms in total. The van der Waals surface area contributed by atoms with E-state index in [1.807, 2.05) is 0 Å². The molecule has 0 aromatic rings. The van der Waals surface area contributed by atoms with Crippen LogP contribution in [-0.4, -0.2) is 11.2 Å². The second-order valence-corrected chi connectivity index (χ2v) is 2.84. The van der Waals surface area contributed by atoms with Gasteiger partial charge >= 0.3 is 0 Å². The van der Waals surface area contributed by atoms with E-state index in [-0.39, 0.29) is 0 Å². The lowest BCUT2D eigenvalue weighted by Crippen LogP contribution is -2.03. The highest BCUT2D eigenvalue weighted by Gasteiger charge is 1.99. The van der Waals surface area contributed by atoms with Gasteiger partial charge in [-0.15, -0.1) is 6.58 Å². The molecule has 0 fully saturated rings. The molecule has 0 aliphatic rings. The molecule has 0 unspecified atom stereocenters. The molecule has 0 radical (unpaired) electrons. The minimum Gasteiger partial charge on any atom is -0.393 e. The third-order valence-electron chi connectivity index (χ3n) is 1.71. The number of hydrogen-bond donors (Lipinski definition) is 1. The van der Waals surface area contributed by atoms with Crippen molar-refractivity contribution in [1.82, 2.24) is 0 Å². The monoisotopic (exact) mass is 157 g/mol. The van der Waals surface area contributed by atoms with Crippen LogP contribution in [-0.2, 0) is 0 Å². The van der Waals surface area contributed by atoms with Crippen molar-refractivity contribution in [2.45, 2.75) is 51.5 Å². The van der Waals surface area contributed by atoms with Crippen LogP contribution in [0.15, 0.2) is 12.7 Å². The van der Waals surface area contributed by atoms with Gasteiger partial charge in [0.15, 0.2) is 0 Å². The summed E-state index contributed by atoms with van der Waals surface area (Å²) in [4.78, 5) is 0. The third-order valence-corrected chi connectivity index (χ3v) is 1.71. The Morgan fingerprint density at radius 2 is 2.27 bits per heavy atom. The summed E-state index contributed by atoms with van der Waals surface area (Å²) in [5.41, 5.74) is 0. The normalized spacial score (nSPS) is 17.1. The molecule has 66 valence electrons. The van der Waals surface area contributed by atoms with Crippen molar-refractivity contribution < 1.29 is 6.48 Å². The highest BCUT2D eigenvalue weighted by Crippen LogP contribution is 2.07. The second-order valence-electron chi connectivity index (χ2n) is 2.84. The fourth-order valence-electron chi connectivity index (χ4n) is 1.03. The first-order valence-electron chi connectivity index (χ1n) is 5.03. The van der Waals surface area contributed by atoms with Crippen LogP contribution in [0.25, 0.3) is 0 Å². The predicted molar refractivity (Wildman–Crippen MR) is 49.6 cm³/mol. The minimum absolute atomic E-state index is 0.508. The maximum absolute atomic E-state index is 9.36. The standard InChI is InChI=1S/C10H20O/c1-3-5-6-7-9-10(11)8-4-2/h4,10-11H,2-3,5-9H2,1H3/t10-/m0/s1/i8D/t8-,10-. The molecular weight excluding hydrogens is 136 g/mol. The topological polar surface area (TPSA) is 20.2 Å². The van der Waals surface area contributed by atoms with Crippen LogP contribution in [0, 0.1) is 0 Å². The molecule has 0 amide bonds. The molecule has 0 aliphatic heterocycles. The van der Waals surface area contributed by atoms with Gasteiger partial charge in [0.05, 0.1) is 6.10 Å². The average Bonchev–Trinajstić information content (AvgIpc) is 2.10. The first kappa shape index (κ1) is 8.79. The van der Waals surface area contributed by atoms with E-state index in [4.69, 9.17) is 1.37 Å². The van der Waals surface area contributed by atoms with Gasteiger partial charge < -0.3 is 5.11 Å². The minimum atomic E-state index is -0.514. The van der Waals surface area contributed by atoms with Gasteiger partial charge in [-0.2, -0.15) is 0 Å². The molecule has 0 bridgehead atoms. The molecule has 0 aromatic carbocycles. The lowest BCUT2D eigenvalue weighted by atomic mass is 10.1. The Kier molecular flexibility index (Phi) is 6.24. The quantitative estimate of drug-likeness (QED) is 0.445. The van der Waals surface area contributed by atoms with E-state index in [2.05, 4.69) is 13.5 Å². The lowest BCUT2D eigenvalue weighted by molar-refractivity contribution is 0.164. The smallest absolute Gasteiger partial charge is 0.0574 e. The Hall–Kier alpha value is -0.300. The van der Waals surface area contributed by atoms with Crippen molar-refractivity contribution in [1.29, 1.82) is 0 Å². The molecular formula is C10H20O. The van der Waals surface area contributed by atoms with Gasteiger partial charge in [-0.3, -0.25) is 0 Å². The largest absolute Gasteiger partial charge is 0.393 e. The summed E-state index contributed by atoms with van der Waals surface area (Å²) in [6.07, 6.45) is 5.83. The maximum atomic E-state index is 9.36. The van der Waals surface area contributed by atoms with Gasteiger partial charge in [0.1, 0.15) is 0 Å². The van der Waals surface area contributed by atoms with Gasteiger partial charge in [-0.25, -0.2) is 0 Å². The van der Waals surface area contributed by atoms with Gasteiger partial charge in [0.25, 0.3) is 0 Å². The number of unbranched alkanes of at least 4 members (excludes halogenated alkanes) is 3. The molecule has 11 heavy (non-hydrogen) atoms. The Morgan fingerprint density at radius 3 is 2.82 bits per heavy atom. The Morgan fingerprint density at radius 1 is 1.55 bits per heavy atom. The molecule has 0 aliphatic carbocycles. The van der Waals surface area contributed by atoms with E-state index < -0.39 is 12.5 Å². The summed E-state index contributed by atoms with van der Waals surface area (Å²) in [6, 6.07) is 0. The van der Waals surface area contributed by atoms with Crippen LogP contribution in [0.4, 0.5) is 0 Å². The Labute approximate surface area is 71.5 Å². The first-order valence-corrected chi connectivity index (χ1v) is 4.45. The number of aliphatic hydroxyl groups is 1. The summed E-state index contributed by atoms with van der Waals surface area (Å²) in [6.45, 7) is 5.64. The fourth-order valence-corrected chi connectivity index (χ4v) is 1.03. The molecule has 0 spiro atoms. The van der Waals surface area contributed by atoms with Crippen molar-refractivity contribution in [2.75, 3.05) is 0 Å². The van der Waals surface area contributed by atoms with E-state index >= 15 is 0 Å². The van der Waals surface area contributed by atoms with E-state index in [1.54, 1.807) is 0 Å². The summed E-state index contributed by atoms with van der Waals surface area (Å²) in [7, 11) is 0. The van der Waals surface area contributed by atoms with Crippen molar-refractivity contribution >= 4 is 0 Å². The Balaban J connectivity index is 3.30. The molecule has 0 heterocycles. The zero-order valence-electron chi connectivity index (χ0n) is 8.42. The first-order chi connectivity index (χ1) is 5.72. The SMILES string of the molecule is [2H][C@@H](C=C)[C@H](O)CCCCCC. The highest BCUT2D eigenvalue weighted by molar-refractivity contribution is 4.71. The van der Waals surface area contributed by atoms with E-state index in [0.717, 1.165) is 19.3 Å². The fraction of sp³-hybridized carbons (Fsp3) is 0.800. The highest BCUT2D eigenvalue weighted by atomic mass is 16.3. The van der Waals surface area contributed by atoms with Crippen molar-refractivity contribution in [3.8, 4) is 0 Å². The number of aliphatic hydroxyl groups excluding tert-OH is 1. The Bertz CT molecular complexity index is 114. The van der Waals surface area contributed by atoms with Crippen molar-refractivity contribution in [3.63, 3.8) is 0 Å².